The van der Waals surface area contributed by atoms with Gasteiger partial charge in [-0.2, -0.15) is 13.2 Å². The van der Waals surface area contributed by atoms with Crippen LogP contribution in [0.4, 0.5) is 13.2 Å². The van der Waals surface area contributed by atoms with Gasteiger partial charge in [-0.25, -0.2) is 0 Å². The summed E-state index contributed by atoms with van der Waals surface area (Å²) in [5.74, 6) is -0.445. The summed E-state index contributed by atoms with van der Waals surface area (Å²) < 4.78 is 37.8. The third-order valence-electron chi connectivity index (χ3n) is 3.30. The minimum atomic E-state index is -4.43. The van der Waals surface area contributed by atoms with Crippen LogP contribution in [-0.4, -0.2) is 17.6 Å². The zero-order chi connectivity index (χ0) is 16.9. The normalized spacial score (nSPS) is 12.7. The second-order valence-electron chi connectivity index (χ2n) is 5.11. The second kappa shape index (κ2) is 7.28. The lowest BCUT2D eigenvalue weighted by Gasteiger charge is -2.13. The van der Waals surface area contributed by atoms with E-state index in [2.05, 4.69) is 5.32 Å². The third-order valence-corrected chi connectivity index (χ3v) is 3.30. The molecule has 122 valence electrons. The van der Waals surface area contributed by atoms with Gasteiger partial charge < -0.3 is 10.4 Å². The fraction of sp³-hybridized carbons (Fsp3) is 0.235. The molecule has 0 aliphatic carbocycles. The second-order valence-corrected chi connectivity index (χ2v) is 5.11. The van der Waals surface area contributed by atoms with Crippen LogP contribution >= 0.6 is 0 Å². The SMILES string of the molecule is O=C(Cc1cccc(C(F)(F)F)c1)NCC(O)c1ccccc1. The molecule has 0 saturated carbocycles. The van der Waals surface area contributed by atoms with Gasteiger partial charge >= 0.3 is 6.18 Å². The predicted octanol–water partition coefficient (Wildman–Crippen LogP) is 3.10. The molecule has 3 nitrogen and oxygen atoms in total. The molecule has 1 atom stereocenters. The standard InChI is InChI=1S/C17H16F3NO2/c18-17(19,20)14-8-4-5-12(9-14)10-16(23)21-11-15(22)13-6-2-1-3-7-13/h1-9,15,22H,10-11H2,(H,21,23). The lowest BCUT2D eigenvalue weighted by molar-refractivity contribution is -0.137. The number of carbonyl (C=O) groups is 1. The van der Waals surface area contributed by atoms with E-state index >= 15 is 0 Å². The van der Waals surface area contributed by atoms with E-state index in [-0.39, 0.29) is 18.5 Å². The zero-order valence-electron chi connectivity index (χ0n) is 12.2. The van der Waals surface area contributed by atoms with Crippen molar-refractivity contribution < 1.29 is 23.1 Å². The van der Waals surface area contributed by atoms with Crippen LogP contribution in [-0.2, 0) is 17.4 Å². The molecular formula is C17H16F3NO2. The third kappa shape index (κ3) is 5.10. The average Bonchev–Trinajstić information content (AvgIpc) is 2.53. The quantitative estimate of drug-likeness (QED) is 0.888. The molecule has 2 aromatic carbocycles. The number of alkyl halides is 3. The fourth-order valence-corrected chi connectivity index (χ4v) is 2.11. The van der Waals surface area contributed by atoms with Crippen LogP contribution in [0.15, 0.2) is 54.6 Å². The smallest absolute Gasteiger partial charge is 0.387 e. The van der Waals surface area contributed by atoms with Crippen molar-refractivity contribution in [2.75, 3.05) is 6.54 Å². The number of nitrogens with one attached hydrogen (secondary N) is 1. The number of aliphatic hydroxyl groups is 1. The van der Waals surface area contributed by atoms with Gasteiger partial charge in [0.05, 0.1) is 18.1 Å². The molecule has 0 aromatic heterocycles. The van der Waals surface area contributed by atoms with Gasteiger partial charge in [-0.3, -0.25) is 4.79 Å². The number of benzene rings is 2. The summed E-state index contributed by atoms with van der Waals surface area (Å²) in [6.45, 7) is 0.00179. The molecule has 0 heterocycles. The first-order chi connectivity index (χ1) is 10.9. The highest BCUT2D eigenvalue weighted by Gasteiger charge is 2.30. The van der Waals surface area contributed by atoms with Gasteiger partial charge in [0.15, 0.2) is 0 Å². The van der Waals surface area contributed by atoms with Crippen LogP contribution < -0.4 is 5.32 Å². The van der Waals surface area contributed by atoms with Crippen LogP contribution in [0.1, 0.15) is 22.8 Å². The first-order valence-corrected chi connectivity index (χ1v) is 7.02. The van der Waals surface area contributed by atoms with Crippen molar-refractivity contribution in [2.45, 2.75) is 18.7 Å². The zero-order valence-corrected chi connectivity index (χ0v) is 12.2. The number of rotatable bonds is 5. The molecule has 0 aliphatic heterocycles. The molecule has 2 aromatic rings. The van der Waals surface area contributed by atoms with E-state index in [4.69, 9.17) is 0 Å². The monoisotopic (exact) mass is 323 g/mol. The van der Waals surface area contributed by atoms with Crippen molar-refractivity contribution in [2.24, 2.45) is 0 Å². The van der Waals surface area contributed by atoms with Crippen molar-refractivity contribution >= 4 is 5.91 Å². The summed E-state index contributed by atoms with van der Waals surface area (Å²) in [7, 11) is 0. The maximum Gasteiger partial charge on any atom is 0.416 e. The Morgan fingerprint density at radius 1 is 1.09 bits per heavy atom. The van der Waals surface area contributed by atoms with Crippen LogP contribution in [0.25, 0.3) is 0 Å². The highest BCUT2D eigenvalue weighted by atomic mass is 19.4. The van der Waals surface area contributed by atoms with E-state index < -0.39 is 23.8 Å². The van der Waals surface area contributed by atoms with Gasteiger partial charge in [0.2, 0.25) is 5.91 Å². The number of hydrogen-bond donors (Lipinski definition) is 2. The summed E-state index contributed by atoms with van der Waals surface area (Å²) >= 11 is 0. The van der Waals surface area contributed by atoms with Crippen LogP contribution in [0.2, 0.25) is 0 Å². The summed E-state index contributed by atoms with van der Waals surface area (Å²) in [5.41, 5.74) is 0.144. The van der Waals surface area contributed by atoms with E-state index in [1.54, 1.807) is 24.3 Å². The Morgan fingerprint density at radius 3 is 2.43 bits per heavy atom. The van der Waals surface area contributed by atoms with E-state index in [0.717, 1.165) is 12.1 Å². The maximum atomic E-state index is 12.6. The highest BCUT2D eigenvalue weighted by Crippen LogP contribution is 2.29. The van der Waals surface area contributed by atoms with Crippen molar-refractivity contribution in [1.29, 1.82) is 0 Å². The van der Waals surface area contributed by atoms with E-state index in [1.807, 2.05) is 6.07 Å². The van der Waals surface area contributed by atoms with Gasteiger partial charge in [0.25, 0.3) is 0 Å². The summed E-state index contributed by atoms with van der Waals surface area (Å²) in [5, 5.41) is 12.4. The molecule has 0 fully saturated rings. The topological polar surface area (TPSA) is 49.3 Å². The molecular weight excluding hydrogens is 307 g/mol. The Kier molecular flexibility index (Phi) is 5.39. The highest BCUT2D eigenvalue weighted by molar-refractivity contribution is 5.78. The van der Waals surface area contributed by atoms with Crippen molar-refractivity contribution in [3.63, 3.8) is 0 Å². The number of amides is 1. The Hall–Kier alpha value is -2.34. The first kappa shape index (κ1) is 17.0. The van der Waals surface area contributed by atoms with Gasteiger partial charge in [-0.15, -0.1) is 0 Å². The molecule has 23 heavy (non-hydrogen) atoms. The number of aliphatic hydroxyl groups excluding tert-OH is 1. The summed E-state index contributed by atoms with van der Waals surface area (Å²) in [6, 6.07) is 13.4. The molecule has 0 bridgehead atoms. The van der Waals surface area contributed by atoms with Crippen LogP contribution in [0, 0.1) is 0 Å². The molecule has 1 amide bonds. The lowest BCUT2D eigenvalue weighted by Crippen LogP contribution is -2.29. The van der Waals surface area contributed by atoms with Gasteiger partial charge in [0.1, 0.15) is 0 Å². The molecule has 6 heteroatoms. The fourth-order valence-electron chi connectivity index (χ4n) is 2.11. The summed E-state index contributed by atoms with van der Waals surface area (Å²) in [6.07, 6.45) is -5.47. The Bertz CT molecular complexity index is 656. The molecule has 0 aliphatic rings. The molecule has 0 spiro atoms. The minimum Gasteiger partial charge on any atom is -0.387 e. The van der Waals surface area contributed by atoms with Crippen LogP contribution in [0.5, 0.6) is 0 Å². The van der Waals surface area contributed by atoms with E-state index in [9.17, 15) is 23.1 Å². The Balaban J connectivity index is 1.90. The van der Waals surface area contributed by atoms with Crippen molar-refractivity contribution in [3.05, 3.63) is 71.3 Å². The minimum absolute atomic E-state index is 0.00179. The largest absolute Gasteiger partial charge is 0.416 e. The van der Waals surface area contributed by atoms with Gasteiger partial charge in [-0.05, 0) is 17.2 Å². The maximum absolute atomic E-state index is 12.6. The van der Waals surface area contributed by atoms with Crippen molar-refractivity contribution in [3.8, 4) is 0 Å². The molecule has 0 saturated heterocycles. The van der Waals surface area contributed by atoms with Gasteiger partial charge in [0, 0.05) is 6.54 Å². The van der Waals surface area contributed by atoms with E-state index in [0.29, 0.717) is 5.56 Å². The predicted molar refractivity (Wildman–Crippen MR) is 79.6 cm³/mol. The first-order valence-electron chi connectivity index (χ1n) is 7.02. The molecule has 0 radical (unpaired) electrons. The summed E-state index contributed by atoms with van der Waals surface area (Å²) in [4.78, 5) is 11.8. The van der Waals surface area contributed by atoms with Crippen LogP contribution in [0.3, 0.4) is 0 Å². The molecule has 1 unspecified atom stereocenters. The van der Waals surface area contributed by atoms with E-state index in [1.165, 1.54) is 12.1 Å². The van der Waals surface area contributed by atoms with Gasteiger partial charge in [-0.1, -0.05) is 48.5 Å². The average molecular weight is 323 g/mol. The molecule has 2 N–H and O–H groups in total. The number of carbonyl (C=O) groups excluding carboxylic acids is 1. The van der Waals surface area contributed by atoms with Crippen molar-refractivity contribution in [1.82, 2.24) is 5.32 Å². The molecule has 2 rings (SSSR count). The Labute approximate surface area is 131 Å². The number of hydrogen-bond acceptors (Lipinski definition) is 2. The Morgan fingerprint density at radius 2 is 1.78 bits per heavy atom. The lowest BCUT2D eigenvalue weighted by atomic mass is 10.1. The number of halogens is 3.